The van der Waals surface area contributed by atoms with Gasteiger partial charge in [-0.25, -0.2) is 9.69 Å². The third kappa shape index (κ3) is 2.38. The maximum Gasteiger partial charge on any atom is 0.339 e. The number of esters is 1. The number of hydrogen-bond donors (Lipinski definition) is 1. The van der Waals surface area contributed by atoms with E-state index in [1.807, 2.05) is 0 Å². The fourth-order valence-corrected chi connectivity index (χ4v) is 4.22. The predicted octanol–water partition coefficient (Wildman–Crippen LogP) is 1.49. The minimum atomic E-state index is -1.92. The van der Waals surface area contributed by atoms with Crippen LogP contribution in [-0.2, 0) is 24.5 Å². The van der Waals surface area contributed by atoms with E-state index in [-0.39, 0.29) is 40.9 Å². The molecule has 0 saturated carbocycles. The Kier molecular flexibility index (Phi) is 4.34. The van der Waals surface area contributed by atoms with E-state index in [0.29, 0.717) is 5.56 Å². The van der Waals surface area contributed by atoms with Crippen molar-refractivity contribution in [3.63, 3.8) is 0 Å². The van der Waals surface area contributed by atoms with Gasteiger partial charge in [0.1, 0.15) is 28.1 Å². The molecule has 2 aliphatic heterocycles. The van der Waals surface area contributed by atoms with Crippen LogP contribution in [0.4, 0.5) is 5.69 Å². The first-order valence-corrected chi connectivity index (χ1v) is 9.37. The summed E-state index contributed by atoms with van der Waals surface area (Å²) in [5.41, 5.74) is -2.25. The average molecular weight is 409 g/mol. The number of allylic oxidation sites excluding steroid dienone is 1. The van der Waals surface area contributed by atoms with Gasteiger partial charge in [0.25, 0.3) is 11.5 Å². The lowest BCUT2D eigenvalue weighted by molar-refractivity contribution is -0.141. The van der Waals surface area contributed by atoms with Crippen LogP contribution in [0, 0.1) is 6.92 Å². The number of aromatic nitrogens is 2. The quantitative estimate of drug-likeness (QED) is 0.747. The van der Waals surface area contributed by atoms with Crippen LogP contribution in [0.1, 0.15) is 37.7 Å². The maximum absolute atomic E-state index is 13.9. The van der Waals surface area contributed by atoms with Gasteiger partial charge in [-0.3, -0.25) is 14.4 Å². The molecular formula is C21H19N3O6. The number of carbonyl (C=O) groups excluding carboxylic acids is 3. The second-order valence-corrected chi connectivity index (χ2v) is 7.01. The second kappa shape index (κ2) is 6.65. The minimum absolute atomic E-state index is 0.0489. The zero-order chi connectivity index (χ0) is 21.8. The van der Waals surface area contributed by atoms with Crippen molar-refractivity contribution in [2.75, 3.05) is 11.5 Å². The first-order valence-electron chi connectivity index (χ1n) is 9.37. The van der Waals surface area contributed by atoms with E-state index < -0.39 is 28.8 Å². The molecule has 0 saturated heterocycles. The van der Waals surface area contributed by atoms with Crippen molar-refractivity contribution in [3.05, 3.63) is 62.9 Å². The third-order valence-corrected chi connectivity index (χ3v) is 5.22. The van der Waals surface area contributed by atoms with Crippen LogP contribution < -0.4 is 15.2 Å². The predicted molar refractivity (Wildman–Crippen MR) is 105 cm³/mol. The third-order valence-electron chi connectivity index (χ3n) is 5.22. The fraction of sp³-hybridized carbons (Fsp3) is 0.286. The largest absolute Gasteiger partial charge is 0.462 e. The zero-order valence-corrected chi connectivity index (χ0v) is 16.9. The van der Waals surface area contributed by atoms with Crippen LogP contribution in [-0.4, -0.2) is 34.4 Å². The number of nitrogens with zero attached hydrogens (tertiary/aromatic N) is 2. The van der Waals surface area contributed by atoms with Crippen molar-refractivity contribution < 1.29 is 23.9 Å². The number of benzene rings is 1. The number of ether oxygens (including phenoxy) is 2. The summed E-state index contributed by atoms with van der Waals surface area (Å²) < 4.78 is 10.9. The SMILES string of the molecule is CCOC(=O)C1=C(C)Oc2nc(C)[nH]c(=O)c2C12C(=O)N(C(C)=O)c1ccccc12. The van der Waals surface area contributed by atoms with Gasteiger partial charge in [-0.15, -0.1) is 0 Å². The van der Waals surface area contributed by atoms with Gasteiger partial charge in [-0.2, -0.15) is 4.98 Å². The highest BCUT2D eigenvalue weighted by atomic mass is 16.5. The first-order chi connectivity index (χ1) is 14.2. The van der Waals surface area contributed by atoms with E-state index >= 15 is 0 Å². The van der Waals surface area contributed by atoms with Crippen LogP contribution in [0.2, 0.25) is 0 Å². The van der Waals surface area contributed by atoms with E-state index in [1.165, 1.54) is 13.8 Å². The Bertz CT molecular complexity index is 1210. The number of para-hydroxylation sites is 1. The molecule has 9 nitrogen and oxygen atoms in total. The Labute approximate surface area is 171 Å². The minimum Gasteiger partial charge on any atom is -0.462 e. The number of imide groups is 1. The molecule has 0 bridgehead atoms. The molecule has 0 aliphatic carbocycles. The molecule has 0 fully saturated rings. The van der Waals surface area contributed by atoms with Gasteiger partial charge in [-0.1, -0.05) is 18.2 Å². The molecule has 2 aromatic rings. The summed E-state index contributed by atoms with van der Waals surface area (Å²) in [7, 11) is 0. The maximum atomic E-state index is 13.9. The molecule has 9 heteroatoms. The van der Waals surface area contributed by atoms with Crippen LogP contribution in [0.15, 0.2) is 40.4 Å². The van der Waals surface area contributed by atoms with Crippen LogP contribution in [0.5, 0.6) is 5.88 Å². The molecule has 0 radical (unpaired) electrons. The van der Waals surface area contributed by atoms with Crippen LogP contribution in [0.3, 0.4) is 0 Å². The van der Waals surface area contributed by atoms with Gasteiger partial charge in [0.15, 0.2) is 0 Å². The Morgan fingerprint density at radius 3 is 2.60 bits per heavy atom. The number of fused-ring (bicyclic) bond motifs is 4. The Morgan fingerprint density at radius 2 is 1.93 bits per heavy atom. The number of rotatable bonds is 2. The summed E-state index contributed by atoms with van der Waals surface area (Å²) in [5, 5.41) is 0. The summed E-state index contributed by atoms with van der Waals surface area (Å²) in [6.45, 7) is 5.99. The summed E-state index contributed by atoms with van der Waals surface area (Å²) >= 11 is 0. The molecule has 1 aromatic heterocycles. The van der Waals surface area contributed by atoms with Crippen LogP contribution >= 0.6 is 0 Å². The second-order valence-electron chi connectivity index (χ2n) is 7.01. The lowest BCUT2D eigenvalue weighted by atomic mass is 9.68. The summed E-state index contributed by atoms with van der Waals surface area (Å²) in [4.78, 5) is 60.2. The number of amides is 2. The van der Waals surface area contributed by atoms with E-state index in [1.54, 1.807) is 38.1 Å². The number of aryl methyl sites for hydroxylation is 1. The topological polar surface area (TPSA) is 119 Å². The van der Waals surface area contributed by atoms with Crippen molar-refractivity contribution in [1.82, 2.24) is 9.97 Å². The summed E-state index contributed by atoms with van der Waals surface area (Å²) in [5.74, 6) is -1.84. The zero-order valence-electron chi connectivity index (χ0n) is 16.9. The number of hydrogen-bond acceptors (Lipinski definition) is 7. The van der Waals surface area contributed by atoms with Crippen molar-refractivity contribution in [1.29, 1.82) is 0 Å². The van der Waals surface area contributed by atoms with Crippen molar-refractivity contribution in [2.24, 2.45) is 0 Å². The lowest BCUT2D eigenvalue weighted by Crippen LogP contribution is -2.51. The molecule has 154 valence electrons. The first kappa shape index (κ1) is 19.6. The van der Waals surface area contributed by atoms with Gasteiger partial charge < -0.3 is 14.5 Å². The molecule has 4 rings (SSSR count). The molecule has 1 unspecified atom stereocenters. The number of aromatic amines is 1. The molecule has 3 heterocycles. The molecule has 30 heavy (non-hydrogen) atoms. The van der Waals surface area contributed by atoms with Crippen molar-refractivity contribution >= 4 is 23.5 Å². The van der Waals surface area contributed by atoms with E-state index in [4.69, 9.17) is 9.47 Å². The van der Waals surface area contributed by atoms with Gasteiger partial charge in [0, 0.05) is 12.5 Å². The highest BCUT2D eigenvalue weighted by Crippen LogP contribution is 2.54. The molecule has 2 aliphatic rings. The van der Waals surface area contributed by atoms with Gasteiger partial charge in [0.05, 0.1) is 12.3 Å². The van der Waals surface area contributed by atoms with Gasteiger partial charge in [-0.05, 0) is 26.8 Å². The Hall–Kier alpha value is -3.75. The summed E-state index contributed by atoms with van der Waals surface area (Å²) in [6.07, 6.45) is 0. The van der Waals surface area contributed by atoms with Crippen molar-refractivity contribution in [3.8, 4) is 5.88 Å². The van der Waals surface area contributed by atoms with Gasteiger partial charge >= 0.3 is 5.97 Å². The van der Waals surface area contributed by atoms with Crippen molar-refractivity contribution in [2.45, 2.75) is 33.1 Å². The smallest absolute Gasteiger partial charge is 0.339 e. The number of anilines is 1. The molecule has 2 amide bonds. The Morgan fingerprint density at radius 1 is 1.23 bits per heavy atom. The van der Waals surface area contributed by atoms with E-state index in [0.717, 1.165) is 4.90 Å². The molecule has 1 aromatic carbocycles. The highest BCUT2D eigenvalue weighted by molar-refractivity contribution is 6.27. The molecule has 1 atom stereocenters. The van der Waals surface area contributed by atoms with E-state index in [2.05, 4.69) is 9.97 Å². The summed E-state index contributed by atoms with van der Waals surface area (Å²) in [6, 6.07) is 6.53. The number of carbonyl (C=O) groups is 3. The monoisotopic (exact) mass is 409 g/mol. The standard InChI is InChI=1S/C21H19N3O6/c1-5-29-19(27)15-10(2)30-18-16(17(26)22-11(3)23-18)21(15)13-8-6-7-9-14(13)24(12(4)25)20(21)28/h6-9H,5H2,1-4H3,(H,22,23,26). The Balaban J connectivity index is 2.20. The highest BCUT2D eigenvalue weighted by Gasteiger charge is 2.63. The molecular weight excluding hydrogens is 390 g/mol. The number of nitrogens with one attached hydrogen (secondary N) is 1. The number of H-pyrrole nitrogens is 1. The fourth-order valence-electron chi connectivity index (χ4n) is 4.22. The van der Waals surface area contributed by atoms with E-state index in [9.17, 15) is 19.2 Å². The average Bonchev–Trinajstić information content (AvgIpc) is 2.90. The normalized spacial score (nSPS) is 19.5. The molecule has 1 N–H and O–H groups in total. The molecule has 1 spiro atoms. The lowest BCUT2D eigenvalue weighted by Gasteiger charge is -2.34. The van der Waals surface area contributed by atoms with Gasteiger partial charge in [0.2, 0.25) is 11.8 Å². The van der Waals surface area contributed by atoms with Crippen LogP contribution in [0.25, 0.3) is 0 Å².